The van der Waals surface area contributed by atoms with Gasteiger partial charge < -0.3 is 30.7 Å². The number of benzene rings is 5. The Morgan fingerprint density at radius 1 is 0.901 bits per heavy atom. The van der Waals surface area contributed by atoms with Gasteiger partial charge in [0.05, 0.1) is 23.2 Å². The van der Waals surface area contributed by atoms with E-state index in [1.54, 1.807) is 4.68 Å². The second kappa shape index (κ2) is 19.3. The van der Waals surface area contributed by atoms with Crippen LogP contribution in [-0.2, 0) is 22.2 Å². The summed E-state index contributed by atoms with van der Waals surface area (Å²) >= 11 is 6.70. The maximum atomic E-state index is 16.2. The predicted octanol–water partition coefficient (Wildman–Crippen LogP) is 9.04. The lowest BCUT2D eigenvalue weighted by Crippen LogP contribution is -2.49. The highest BCUT2D eigenvalue weighted by Gasteiger charge is 2.50. The van der Waals surface area contributed by atoms with E-state index in [1.807, 2.05) is 67.4 Å². The minimum atomic E-state index is -1.08. The lowest BCUT2D eigenvalue weighted by Gasteiger charge is -2.38. The molecule has 6 aromatic rings. The Hall–Kier alpha value is -7.04. The third kappa shape index (κ3) is 8.81. The van der Waals surface area contributed by atoms with Crippen LogP contribution in [0.3, 0.4) is 0 Å². The van der Waals surface area contributed by atoms with Crippen molar-refractivity contribution in [3.05, 3.63) is 124 Å². The van der Waals surface area contributed by atoms with Gasteiger partial charge in [-0.05, 0) is 91.6 Å². The Morgan fingerprint density at radius 3 is 2.37 bits per heavy atom. The molecule has 14 nitrogen and oxygen atoms in total. The maximum Gasteiger partial charge on any atom is 0.329 e. The molecule has 2 atom stereocenters. The van der Waals surface area contributed by atoms with Crippen molar-refractivity contribution in [3.8, 4) is 33.8 Å². The average Bonchev–Trinajstić information content (AvgIpc) is 3.85. The van der Waals surface area contributed by atoms with Gasteiger partial charge in [-0.3, -0.25) is 29.3 Å². The fourth-order valence-electron chi connectivity index (χ4n) is 11.1. The number of aryl methyl sites for hydroxylation is 1. The number of nitrogens with two attached hydrogens (primary N) is 1. The molecule has 71 heavy (non-hydrogen) atoms. The molecule has 4 heterocycles. The van der Waals surface area contributed by atoms with E-state index in [4.69, 9.17) is 26.8 Å². The molecule has 10 rings (SSSR count). The number of anilines is 2. The Kier molecular flexibility index (Phi) is 12.9. The van der Waals surface area contributed by atoms with E-state index >= 15 is 8.78 Å². The van der Waals surface area contributed by atoms with Crippen LogP contribution in [0.15, 0.2) is 91.0 Å². The molecule has 2 saturated heterocycles. The largest absolute Gasteiger partial charge is 0.494 e. The molecule has 0 bridgehead atoms. The van der Waals surface area contributed by atoms with Crippen LogP contribution in [-0.4, -0.2) is 83.8 Å². The summed E-state index contributed by atoms with van der Waals surface area (Å²) in [7, 11) is 3.14. The van der Waals surface area contributed by atoms with Crippen LogP contribution in [0.1, 0.15) is 79.3 Å². The number of aromatic nitrogens is 2. The fraction of sp³-hybridized carbons (Fsp3) is 0.352. The molecule has 1 aliphatic carbocycles. The summed E-state index contributed by atoms with van der Waals surface area (Å²) in [4.78, 5) is 54.5. The van der Waals surface area contributed by atoms with E-state index < -0.39 is 35.1 Å². The molecule has 2 unspecified atom stereocenters. The Balaban J connectivity index is 0.767. The summed E-state index contributed by atoms with van der Waals surface area (Å²) in [5.74, 6) is -2.78. The standard InChI is InChI=1S/C54H55ClF2N8O6/c1-30-45-43(28-40(56)48(55)47(45)46-39(50(58)67)18-19-42(70-3)49(46)57)71-54(30,34-9-5-4-6-10-34)29-59-35-15-12-31(13-16-35)52(68)64-23-20-36(21-24-64)60-37-11-7-8-32(26-37)33-14-17-38-41(27-33)63(2)62-51(38)65-25-22-44(66)61-53(65)69/h4-11,14,17-19,26-28,30-31,35-36,59-60H,12-13,15-16,20-25,29H2,1-3H3,(H2,58,67)(H,61,66,69). The van der Waals surface area contributed by atoms with Crippen LogP contribution in [0.2, 0.25) is 5.02 Å². The summed E-state index contributed by atoms with van der Waals surface area (Å²) in [6.07, 6.45) is 4.86. The fourth-order valence-corrected chi connectivity index (χ4v) is 11.4. The summed E-state index contributed by atoms with van der Waals surface area (Å²) in [5.41, 5.74) is 9.39. The van der Waals surface area contributed by atoms with E-state index in [0.717, 1.165) is 71.8 Å². The number of urea groups is 1. The van der Waals surface area contributed by atoms with E-state index in [-0.39, 0.29) is 76.0 Å². The Bertz CT molecular complexity index is 3080. The topological polar surface area (TPSA) is 173 Å². The molecule has 5 N–H and O–H groups in total. The number of primary amides is 1. The molecule has 5 aromatic carbocycles. The quantitative estimate of drug-likeness (QED) is 0.0934. The number of halogens is 3. The molecule has 1 saturated carbocycles. The average molecular weight is 986 g/mol. The first-order valence-corrected chi connectivity index (χ1v) is 24.5. The van der Waals surface area contributed by atoms with Crippen LogP contribution in [0.5, 0.6) is 11.5 Å². The zero-order chi connectivity index (χ0) is 49.7. The molecule has 0 spiro atoms. The normalized spacial score (nSPS) is 21.5. The van der Waals surface area contributed by atoms with Gasteiger partial charge in [0.1, 0.15) is 11.6 Å². The number of imide groups is 1. The van der Waals surface area contributed by atoms with Gasteiger partial charge in [0.15, 0.2) is 23.0 Å². The lowest BCUT2D eigenvalue weighted by molar-refractivity contribution is -0.137. The number of piperidine rings is 1. The first-order valence-electron chi connectivity index (χ1n) is 24.1. The van der Waals surface area contributed by atoms with Crippen molar-refractivity contribution in [3.63, 3.8) is 0 Å². The first kappa shape index (κ1) is 47.6. The van der Waals surface area contributed by atoms with Crippen molar-refractivity contribution >= 4 is 57.8 Å². The monoisotopic (exact) mass is 984 g/mol. The smallest absolute Gasteiger partial charge is 0.329 e. The number of hydrogen-bond donors (Lipinski definition) is 4. The number of rotatable bonds is 12. The highest BCUT2D eigenvalue weighted by atomic mass is 35.5. The van der Waals surface area contributed by atoms with Crippen LogP contribution >= 0.6 is 11.6 Å². The number of carbonyl (C=O) groups is 4. The van der Waals surface area contributed by atoms with Gasteiger partial charge in [0.25, 0.3) is 0 Å². The second-order valence-electron chi connectivity index (χ2n) is 19.1. The van der Waals surface area contributed by atoms with E-state index in [2.05, 4.69) is 45.3 Å². The molecule has 1 aromatic heterocycles. The second-order valence-corrected chi connectivity index (χ2v) is 19.5. The van der Waals surface area contributed by atoms with Crippen LogP contribution < -0.4 is 36.1 Å². The molecule has 5 amide bonds. The van der Waals surface area contributed by atoms with Gasteiger partial charge in [-0.25, -0.2) is 13.6 Å². The molecular formula is C54H55ClF2N8O6. The third-order valence-electron chi connectivity index (χ3n) is 15.0. The number of likely N-dealkylation sites (tertiary alicyclic amines) is 1. The number of amides is 5. The molecule has 3 fully saturated rings. The Morgan fingerprint density at radius 2 is 1.65 bits per heavy atom. The van der Waals surface area contributed by atoms with Crippen molar-refractivity contribution in [2.75, 3.05) is 43.5 Å². The van der Waals surface area contributed by atoms with Crippen molar-refractivity contribution < 1.29 is 37.4 Å². The molecule has 3 aliphatic heterocycles. The minimum Gasteiger partial charge on any atom is -0.494 e. The zero-order valence-electron chi connectivity index (χ0n) is 39.7. The van der Waals surface area contributed by atoms with E-state index in [9.17, 15) is 19.2 Å². The summed E-state index contributed by atoms with van der Waals surface area (Å²) < 4.78 is 45.8. The van der Waals surface area contributed by atoms with Gasteiger partial charge in [0.2, 0.25) is 17.7 Å². The maximum absolute atomic E-state index is 16.2. The van der Waals surface area contributed by atoms with Crippen molar-refractivity contribution in [2.45, 2.75) is 75.5 Å². The van der Waals surface area contributed by atoms with Gasteiger partial charge in [-0.15, -0.1) is 0 Å². The summed E-state index contributed by atoms with van der Waals surface area (Å²) in [6.45, 7) is 3.85. The molecule has 0 radical (unpaired) electrons. The van der Waals surface area contributed by atoms with Crippen LogP contribution in [0.4, 0.5) is 25.1 Å². The molecule has 4 aliphatic rings. The zero-order valence-corrected chi connectivity index (χ0v) is 40.5. The van der Waals surface area contributed by atoms with Crippen LogP contribution in [0.25, 0.3) is 33.2 Å². The number of hydrogen-bond acceptors (Lipinski definition) is 9. The number of methoxy groups -OCH3 is 1. The number of nitrogens with zero attached hydrogens (tertiary/aromatic N) is 4. The van der Waals surface area contributed by atoms with Crippen molar-refractivity contribution in [1.29, 1.82) is 0 Å². The predicted molar refractivity (Wildman–Crippen MR) is 268 cm³/mol. The van der Waals surface area contributed by atoms with Gasteiger partial charge in [-0.2, -0.15) is 5.10 Å². The highest BCUT2D eigenvalue weighted by molar-refractivity contribution is 6.34. The lowest BCUT2D eigenvalue weighted by atomic mass is 9.77. The van der Waals surface area contributed by atoms with Crippen molar-refractivity contribution in [1.82, 2.24) is 25.3 Å². The summed E-state index contributed by atoms with van der Waals surface area (Å²) in [5, 5.41) is 14.9. The SMILES string of the molecule is COc1ccc(C(N)=O)c(-c2c(Cl)c(F)cc3c2C(C)C(CNC2CCC(C(=O)N4CCC(Nc5cccc(-c6ccc7c(N8CCC(=O)NC8=O)nn(C)c7c6)c5)CC4)CC2)(c2ccccc2)O3)c1F. The highest BCUT2D eigenvalue weighted by Crippen LogP contribution is 2.56. The van der Waals surface area contributed by atoms with Gasteiger partial charge >= 0.3 is 6.03 Å². The number of fused-ring (bicyclic) bond motifs is 2. The van der Waals surface area contributed by atoms with Gasteiger partial charge in [-0.1, -0.05) is 67.1 Å². The van der Waals surface area contributed by atoms with E-state index in [0.29, 0.717) is 31.0 Å². The van der Waals surface area contributed by atoms with Crippen LogP contribution in [0, 0.1) is 17.6 Å². The third-order valence-corrected chi connectivity index (χ3v) is 15.4. The first-order chi connectivity index (χ1) is 34.2. The number of nitrogens with one attached hydrogen (secondary N) is 3. The Labute approximate surface area is 414 Å². The number of carbonyl (C=O) groups excluding carboxylic acids is 4. The molecular weight excluding hydrogens is 930 g/mol. The van der Waals surface area contributed by atoms with Crippen molar-refractivity contribution in [2.24, 2.45) is 18.7 Å². The molecule has 368 valence electrons. The summed E-state index contributed by atoms with van der Waals surface area (Å²) in [6, 6.07) is 27.6. The van der Waals surface area contributed by atoms with E-state index in [1.165, 1.54) is 30.2 Å². The van der Waals surface area contributed by atoms with Gasteiger partial charge in [0, 0.05) is 97.4 Å². The molecule has 17 heteroatoms. The number of ether oxygens (including phenoxy) is 2. The minimum absolute atomic E-state index is 0.00941.